The fourth-order valence-electron chi connectivity index (χ4n) is 5.80. The number of nitrogens with two attached hydrogens (primary N) is 1. The predicted octanol–water partition coefficient (Wildman–Crippen LogP) is 12.0. The number of phosphoric ester groups is 1. The maximum absolute atomic E-state index is 12.6. The quantitative estimate of drug-likeness (QED) is 0.0231. The van der Waals surface area contributed by atoms with E-state index in [2.05, 4.69) is 79.1 Å². The summed E-state index contributed by atoms with van der Waals surface area (Å²) in [6.07, 6.45) is 47.1. The molecule has 0 aliphatic heterocycles. The van der Waals surface area contributed by atoms with Crippen molar-refractivity contribution in [2.24, 2.45) is 5.73 Å². The summed E-state index contributed by atoms with van der Waals surface area (Å²) in [7, 11) is -4.72. The molecule has 0 saturated heterocycles. The molecule has 3 atom stereocenters. The molecule has 0 aliphatic carbocycles. The normalized spacial score (nSPS) is 14.3. The molecule has 334 valence electrons. The number of unbranched alkanes of at least 4 members (excludes halogenated alkanes) is 17. The van der Waals surface area contributed by atoms with E-state index in [-0.39, 0.29) is 19.4 Å². The maximum Gasteiger partial charge on any atom is 0.472 e. The highest BCUT2D eigenvalue weighted by Gasteiger charge is 2.28. The molecule has 0 aliphatic rings. The van der Waals surface area contributed by atoms with Gasteiger partial charge in [-0.1, -0.05) is 171 Å². The second kappa shape index (κ2) is 40.9. The van der Waals surface area contributed by atoms with Crippen LogP contribution in [0.25, 0.3) is 0 Å². The zero-order valence-corrected chi connectivity index (χ0v) is 37.0. The Hall–Kier alpha value is -2.82. The van der Waals surface area contributed by atoms with Gasteiger partial charge in [0, 0.05) is 12.8 Å². The average molecular weight is 838 g/mol. The summed E-state index contributed by atoms with van der Waals surface area (Å²) in [5, 5.41) is 8.89. The molecule has 58 heavy (non-hydrogen) atoms. The largest absolute Gasteiger partial charge is 0.480 e. The number of aliphatic carboxylic acids is 1. The second-order valence-electron chi connectivity index (χ2n) is 14.8. The van der Waals surface area contributed by atoms with E-state index in [9.17, 15) is 23.8 Å². The van der Waals surface area contributed by atoms with Crippen molar-refractivity contribution < 1.29 is 47.5 Å². The molecule has 0 aromatic rings. The summed E-state index contributed by atoms with van der Waals surface area (Å²) in [5.41, 5.74) is 5.33. The van der Waals surface area contributed by atoms with Gasteiger partial charge < -0.3 is 25.2 Å². The Kier molecular flexibility index (Phi) is 38.9. The van der Waals surface area contributed by atoms with Crippen LogP contribution in [0, 0.1) is 0 Å². The fraction of sp³-hybridized carbons (Fsp3) is 0.717. The van der Waals surface area contributed by atoms with Crippen LogP contribution in [0.15, 0.2) is 60.8 Å². The Labute approximate surface area is 351 Å². The molecule has 1 unspecified atom stereocenters. The third-order valence-electron chi connectivity index (χ3n) is 9.28. The molecule has 0 heterocycles. The first kappa shape index (κ1) is 55.2. The van der Waals surface area contributed by atoms with E-state index >= 15 is 0 Å². The Morgan fingerprint density at radius 3 is 1.45 bits per heavy atom. The van der Waals surface area contributed by atoms with Gasteiger partial charge in [0.15, 0.2) is 6.10 Å². The van der Waals surface area contributed by atoms with Gasteiger partial charge in [-0.3, -0.25) is 23.4 Å². The lowest BCUT2D eigenvalue weighted by atomic mass is 10.0. The smallest absolute Gasteiger partial charge is 0.472 e. The summed E-state index contributed by atoms with van der Waals surface area (Å²) >= 11 is 0. The highest BCUT2D eigenvalue weighted by Crippen LogP contribution is 2.43. The molecule has 0 fully saturated rings. The molecule has 0 radical (unpaired) electrons. The number of hydrogen-bond acceptors (Lipinski definition) is 9. The highest BCUT2D eigenvalue weighted by atomic mass is 31.2. The molecule has 0 saturated carbocycles. The van der Waals surface area contributed by atoms with E-state index in [1.54, 1.807) is 0 Å². The van der Waals surface area contributed by atoms with Crippen molar-refractivity contribution in [2.45, 2.75) is 193 Å². The van der Waals surface area contributed by atoms with Gasteiger partial charge in [0.2, 0.25) is 0 Å². The van der Waals surface area contributed by atoms with Gasteiger partial charge in [-0.2, -0.15) is 0 Å². The zero-order valence-electron chi connectivity index (χ0n) is 36.1. The molecule has 0 aromatic heterocycles. The highest BCUT2D eigenvalue weighted by molar-refractivity contribution is 7.47. The van der Waals surface area contributed by atoms with Crippen molar-refractivity contribution in [1.29, 1.82) is 0 Å². The summed E-state index contributed by atoms with van der Waals surface area (Å²) in [5.74, 6) is -2.42. The number of rotatable bonds is 41. The van der Waals surface area contributed by atoms with Gasteiger partial charge in [0.05, 0.1) is 13.2 Å². The third-order valence-corrected chi connectivity index (χ3v) is 10.2. The predicted molar refractivity (Wildman–Crippen MR) is 235 cm³/mol. The molecular formula is C46H80NO10P. The van der Waals surface area contributed by atoms with Crippen LogP contribution in [0.3, 0.4) is 0 Å². The number of hydrogen-bond donors (Lipinski definition) is 3. The number of carboxylic acid groups (broad SMARTS) is 1. The summed E-state index contributed by atoms with van der Waals surface area (Å²) in [4.78, 5) is 46.0. The number of phosphoric acid groups is 1. The Bertz CT molecular complexity index is 1210. The van der Waals surface area contributed by atoms with Crippen molar-refractivity contribution in [1.82, 2.24) is 0 Å². The minimum Gasteiger partial charge on any atom is -0.480 e. The topological polar surface area (TPSA) is 172 Å². The summed E-state index contributed by atoms with van der Waals surface area (Å²) in [6, 6.07) is -1.53. The number of ether oxygens (including phenoxy) is 2. The minimum atomic E-state index is -4.72. The van der Waals surface area contributed by atoms with E-state index in [0.29, 0.717) is 12.8 Å². The van der Waals surface area contributed by atoms with Gasteiger partial charge >= 0.3 is 25.7 Å². The van der Waals surface area contributed by atoms with E-state index in [0.717, 1.165) is 70.6 Å². The van der Waals surface area contributed by atoms with Crippen LogP contribution in [-0.4, -0.2) is 59.9 Å². The minimum absolute atomic E-state index is 0.154. The zero-order chi connectivity index (χ0) is 42.8. The monoisotopic (exact) mass is 838 g/mol. The molecule has 0 aromatic carbocycles. The molecular weight excluding hydrogens is 757 g/mol. The van der Waals surface area contributed by atoms with Crippen LogP contribution in [0.2, 0.25) is 0 Å². The van der Waals surface area contributed by atoms with Crippen LogP contribution in [0.1, 0.15) is 181 Å². The van der Waals surface area contributed by atoms with Crippen LogP contribution < -0.4 is 5.73 Å². The van der Waals surface area contributed by atoms with Crippen LogP contribution in [0.4, 0.5) is 0 Å². The molecule has 12 heteroatoms. The third kappa shape index (κ3) is 40.0. The van der Waals surface area contributed by atoms with E-state index in [4.69, 9.17) is 24.8 Å². The van der Waals surface area contributed by atoms with Gasteiger partial charge in [0.1, 0.15) is 12.6 Å². The molecule has 0 spiro atoms. The number of carboxylic acids is 1. The standard InChI is InChI=1S/C46H80NO10P/c1-3-5-7-9-11-13-15-17-19-20-21-22-24-25-27-29-31-33-35-37-44(48)54-39-42(40-55-58(52,53)56-41-43(47)46(50)51)57-45(49)38-36-34-32-30-28-26-23-18-16-14-12-10-8-6-4-2/h5,7,11,13,17,19,21-22,25,27,42-43H,3-4,6,8-10,12,14-16,18,20,23-24,26,28-41,47H2,1-2H3,(H,50,51)(H,52,53)/b7-5-,13-11-,19-17-,22-21-,27-25-/t42-,43+/m1/s1. The maximum atomic E-state index is 12.6. The first-order valence-corrected chi connectivity index (χ1v) is 23.8. The molecule has 0 bridgehead atoms. The molecule has 0 amide bonds. The summed E-state index contributed by atoms with van der Waals surface area (Å²) < 4.78 is 32.7. The fourth-order valence-corrected chi connectivity index (χ4v) is 6.58. The van der Waals surface area contributed by atoms with Crippen LogP contribution in [0.5, 0.6) is 0 Å². The van der Waals surface area contributed by atoms with Gasteiger partial charge in [0.25, 0.3) is 0 Å². The van der Waals surface area contributed by atoms with Crippen molar-refractivity contribution >= 4 is 25.7 Å². The van der Waals surface area contributed by atoms with Crippen molar-refractivity contribution in [3.8, 4) is 0 Å². The van der Waals surface area contributed by atoms with Crippen LogP contribution >= 0.6 is 7.82 Å². The number of carbonyl (C=O) groups excluding carboxylic acids is 2. The first-order chi connectivity index (χ1) is 28.1. The molecule has 4 N–H and O–H groups in total. The lowest BCUT2D eigenvalue weighted by Gasteiger charge is -2.20. The lowest BCUT2D eigenvalue weighted by Crippen LogP contribution is -2.34. The molecule has 0 rings (SSSR count). The van der Waals surface area contributed by atoms with E-state index in [1.165, 1.54) is 70.6 Å². The van der Waals surface area contributed by atoms with Gasteiger partial charge in [-0.25, -0.2) is 4.57 Å². The second-order valence-corrected chi connectivity index (χ2v) is 16.3. The first-order valence-electron chi connectivity index (χ1n) is 22.3. The van der Waals surface area contributed by atoms with Crippen molar-refractivity contribution in [3.63, 3.8) is 0 Å². The summed E-state index contributed by atoms with van der Waals surface area (Å²) in [6.45, 7) is 2.66. The Morgan fingerprint density at radius 1 is 0.552 bits per heavy atom. The molecule has 11 nitrogen and oxygen atoms in total. The Balaban J connectivity index is 4.40. The van der Waals surface area contributed by atoms with Crippen LogP contribution in [-0.2, 0) is 37.5 Å². The van der Waals surface area contributed by atoms with E-state index in [1.807, 2.05) is 0 Å². The SMILES string of the molecule is CC/C=C\C/C=C\C/C=C\C/C=C\C/C=C\CCCCCC(=O)OC[C@H](COP(=O)(O)OC[C@H](N)C(=O)O)OC(=O)CCCCCCCCCCCCCCCCC. The average Bonchev–Trinajstić information content (AvgIpc) is 3.20. The van der Waals surface area contributed by atoms with Crippen molar-refractivity contribution in [2.75, 3.05) is 19.8 Å². The lowest BCUT2D eigenvalue weighted by molar-refractivity contribution is -0.161. The number of esters is 2. The van der Waals surface area contributed by atoms with Gasteiger partial charge in [-0.05, 0) is 57.8 Å². The van der Waals surface area contributed by atoms with Crippen molar-refractivity contribution in [3.05, 3.63) is 60.8 Å². The number of carbonyl (C=O) groups is 3. The van der Waals surface area contributed by atoms with E-state index < -0.39 is 51.1 Å². The Morgan fingerprint density at radius 2 is 0.966 bits per heavy atom. The number of allylic oxidation sites excluding steroid dienone is 10. The van der Waals surface area contributed by atoms with Gasteiger partial charge in [-0.15, -0.1) is 0 Å².